The van der Waals surface area contributed by atoms with Crippen LogP contribution in [0.1, 0.15) is 42.1 Å². The van der Waals surface area contributed by atoms with E-state index in [1.54, 1.807) is 11.1 Å². The highest BCUT2D eigenvalue weighted by atomic mass is 16.5. The molecule has 2 nitrogen and oxygen atoms in total. The molecule has 1 N–H and O–H groups in total. The molecule has 1 unspecified atom stereocenters. The number of rotatable bonds is 1. The largest absolute Gasteiger partial charge is 0.371 e. The average Bonchev–Trinajstić information content (AvgIpc) is 2.64. The first kappa shape index (κ1) is 11.2. The van der Waals surface area contributed by atoms with Gasteiger partial charge in [-0.25, -0.2) is 0 Å². The molecule has 17 heavy (non-hydrogen) atoms. The van der Waals surface area contributed by atoms with Crippen molar-refractivity contribution in [2.24, 2.45) is 0 Å². The van der Waals surface area contributed by atoms with Gasteiger partial charge in [0.05, 0.1) is 12.7 Å². The predicted octanol–water partition coefficient (Wildman–Crippen LogP) is 2.62. The van der Waals surface area contributed by atoms with E-state index in [1.807, 2.05) is 0 Å². The predicted molar refractivity (Wildman–Crippen MR) is 69.3 cm³/mol. The fourth-order valence-electron chi connectivity index (χ4n) is 2.91. The van der Waals surface area contributed by atoms with E-state index in [0.717, 1.165) is 19.7 Å². The zero-order valence-electron chi connectivity index (χ0n) is 10.4. The number of fused-ring (bicyclic) bond motifs is 1. The number of nitrogens with one attached hydrogen (secondary N) is 1. The molecular formula is C15H21NO. The van der Waals surface area contributed by atoms with Crippen LogP contribution in [0, 0.1) is 0 Å². The number of hydrogen-bond donors (Lipinski definition) is 1. The van der Waals surface area contributed by atoms with Gasteiger partial charge in [0.15, 0.2) is 0 Å². The number of hydrogen-bond acceptors (Lipinski definition) is 2. The van der Waals surface area contributed by atoms with E-state index in [9.17, 15) is 0 Å². The Morgan fingerprint density at radius 3 is 2.76 bits per heavy atom. The third-order valence-corrected chi connectivity index (χ3v) is 3.92. The zero-order chi connectivity index (χ0) is 11.5. The Morgan fingerprint density at radius 2 is 1.94 bits per heavy atom. The van der Waals surface area contributed by atoms with Crippen molar-refractivity contribution in [3.63, 3.8) is 0 Å². The van der Waals surface area contributed by atoms with Gasteiger partial charge in [-0.2, -0.15) is 0 Å². The van der Waals surface area contributed by atoms with Gasteiger partial charge in [0, 0.05) is 13.1 Å². The minimum Gasteiger partial charge on any atom is -0.371 e. The Kier molecular flexibility index (Phi) is 3.44. The molecule has 0 bridgehead atoms. The van der Waals surface area contributed by atoms with Crippen LogP contribution in [0.25, 0.3) is 0 Å². The molecule has 1 fully saturated rings. The molecule has 0 saturated carbocycles. The van der Waals surface area contributed by atoms with E-state index in [0.29, 0.717) is 0 Å². The molecule has 1 atom stereocenters. The van der Waals surface area contributed by atoms with Gasteiger partial charge < -0.3 is 10.1 Å². The van der Waals surface area contributed by atoms with Gasteiger partial charge in [-0.15, -0.1) is 0 Å². The van der Waals surface area contributed by atoms with Crippen molar-refractivity contribution >= 4 is 0 Å². The van der Waals surface area contributed by atoms with Crippen LogP contribution in [0.4, 0.5) is 0 Å². The molecule has 3 rings (SSSR count). The summed E-state index contributed by atoms with van der Waals surface area (Å²) in [5, 5.41) is 3.40. The lowest BCUT2D eigenvalue weighted by molar-refractivity contribution is 0.0276. The highest BCUT2D eigenvalue weighted by molar-refractivity contribution is 5.34. The third-order valence-electron chi connectivity index (χ3n) is 3.92. The summed E-state index contributed by atoms with van der Waals surface area (Å²) in [4.78, 5) is 0. The zero-order valence-corrected chi connectivity index (χ0v) is 10.4. The Bertz CT molecular complexity index is 383. The SMILES string of the molecule is c1cc2c(cc1C1CNCCO1)CCCCC2. The Hall–Kier alpha value is -0.860. The van der Waals surface area contributed by atoms with Crippen LogP contribution >= 0.6 is 0 Å². The molecule has 0 spiro atoms. The van der Waals surface area contributed by atoms with E-state index >= 15 is 0 Å². The van der Waals surface area contributed by atoms with Crippen molar-refractivity contribution in [3.05, 3.63) is 34.9 Å². The van der Waals surface area contributed by atoms with Crippen molar-refractivity contribution in [1.29, 1.82) is 0 Å². The Morgan fingerprint density at radius 1 is 1.06 bits per heavy atom. The molecule has 92 valence electrons. The summed E-state index contributed by atoms with van der Waals surface area (Å²) < 4.78 is 5.82. The first-order valence-corrected chi connectivity index (χ1v) is 6.87. The van der Waals surface area contributed by atoms with E-state index < -0.39 is 0 Å². The number of morpholine rings is 1. The van der Waals surface area contributed by atoms with Gasteiger partial charge in [0.1, 0.15) is 0 Å². The summed E-state index contributed by atoms with van der Waals surface area (Å²) in [6, 6.07) is 6.98. The molecule has 1 aromatic carbocycles. The topological polar surface area (TPSA) is 21.3 Å². The van der Waals surface area contributed by atoms with Crippen LogP contribution in [0.3, 0.4) is 0 Å². The lowest BCUT2D eigenvalue weighted by atomic mass is 9.97. The highest BCUT2D eigenvalue weighted by Gasteiger charge is 2.17. The Balaban J connectivity index is 1.83. The quantitative estimate of drug-likeness (QED) is 0.750. The molecule has 0 aromatic heterocycles. The molecule has 2 heteroatoms. The maximum Gasteiger partial charge on any atom is 0.0949 e. The van der Waals surface area contributed by atoms with Gasteiger partial charge in [0.25, 0.3) is 0 Å². The highest BCUT2D eigenvalue weighted by Crippen LogP contribution is 2.26. The molecule has 2 aliphatic rings. The van der Waals surface area contributed by atoms with Gasteiger partial charge in [-0.1, -0.05) is 24.6 Å². The molecule has 1 aliphatic carbocycles. The summed E-state index contributed by atoms with van der Waals surface area (Å²) >= 11 is 0. The molecule has 1 aromatic rings. The normalized spacial score (nSPS) is 25.1. The van der Waals surface area contributed by atoms with Crippen molar-refractivity contribution in [2.75, 3.05) is 19.7 Å². The van der Waals surface area contributed by atoms with E-state index in [4.69, 9.17) is 4.74 Å². The van der Waals surface area contributed by atoms with Crippen LogP contribution < -0.4 is 5.32 Å². The number of ether oxygens (including phenoxy) is 1. The van der Waals surface area contributed by atoms with E-state index in [1.165, 1.54) is 37.7 Å². The summed E-state index contributed by atoms with van der Waals surface area (Å²) in [5.74, 6) is 0. The van der Waals surface area contributed by atoms with Crippen LogP contribution in [0.15, 0.2) is 18.2 Å². The number of benzene rings is 1. The van der Waals surface area contributed by atoms with Crippen molar-refractivity contribution in [2.45, 2.75) is 38.2 Å². The fourth-order valence-corrected chi connectivity index (χ4v) is 2.91. The second-order valence-electron chi connectivity index (χ2n) is 5.15. The first-order valence-electron chi connectivity index (χ1n) is 6.87. The van der Waals surface area contributed by atoms with Crippen molar-refractivity contribution in [1.82, 2.24) is 5.32 Å². The maximum atomic E-state index is 5.82. The van der Waals surface area contributed by atoms with Crippen LogP contribution in [-0.2, 0) is 17.6 Å². The lowest BCUT2D eigenvalue weighted by Crippen LogP contribution is -2.33. The van der Waals surface area contributed by atoms with Crippen LogP contribution in [-0.4, -0.2) is 19.7 Å². The van der Waals surface area contributed by atoms with Gasteiger partial charge >= 0.3 is 0 Å². The summed E-state index contributed by atoms with van der Waals surface area (Å²) in [7, 11) is 0. The Labute approximate surface area is 103 Å². The van der Waals surface area contributed by atoms with Gasteiger partial charge in [0.2, 0.25) is 0 Å². The number of aryl methyl sites for hydroxylation is 2. The van der Waals surface area contributed by atoms with Gasteiger partial charge in [-0.05, 0) is 42.4 Å². The molecule has 0 amide bonds. The second-order valence-corrected chi connectivity index (χ2v) is 5.15. The van der Waals surface area contributed by atoms with Crippen molar-refractivity contribution in [3.8, 4) is 0 Å². The van der Waals surface area contributed by atoms with E-state index in [2.05, 4.69) is 23.5 Å². The standard InChI is InChI=1S/C15H21NO/c1-2-4-12-6-7-14(10-13(12)5-3-1)15-11-16-8-9-17-15/h6-7,10,15-16H,1-5,8-9,11H2. The minimum absolute atomic E-state index is 0.261. The smallest absolute Gasteiger partial charge is 0.0949 e. The first-order chi connectivity index (χ1) is 8.43. The summed E-state index contributed by atoms with van der Waals surface area (Å²) in [6.45, 7) is 2.78. The van der Waals surface area contributed by atoms with Crippen LogP contribution in [0.5, 0.6) is 0 Å². The molecule has 0 radical (unpaired) electrons. The summed E-state index contributed by atoms with van der Waals surface area (Å²) in [5.41, 5.74) is 4.49. The molecule has 1 heterocycles. The maximum absolute atomic E-state index is 5.82. The minimum atomic E-state index is 0.261. The van der Waals surface area contributed by atoms with Crippen LogP contribution in [0.2, 0.25) is 0 Å². The lowest BCUT2D eigenvalue weighted by Gasteiger charge is -2.24. The third kappa shape index (κ3) is 2.53. The molecule has 1 aliphatic heterocycles. The summed E-state index contributed by atoms with van der Waals surface area (Å²) in [6.07, 6.45) is 6.86. The fraction of sp³-hybridized carbons (Fsp3) is 0.600. The van der Waals surface area contributed by atoms with E-state index in [-0.39, 0.29) is 6.10 Å². The average molecular weight is 231 g/mol. The molecule has 1 saturated heterocycles. The molecular weight excluding hydrogens is 210 g/mol. The van der Waals surface area contributed by atoms with Gasteiger partial charge in [-0.3, -0.25) is 0 Å². The monoisotopic (exact) mass is 231 g/mol. The van der Waals surface area contributed by atoms with Crippen molar-refractivity contribution < 1.29 is 4.74 Å². The second kappa shape index (κ2) is 5.19.